The topological polar surface area (TPSA) is 61.0 Å². The summed E-state index contributed by atoms with van der Waals surface area (Å²) in [6.45, 7) is -0.111. The molecule has 0 unspecified atom stereocenters. The van der Waals surface area contributed by atoms with Crippen molar-refractivity contribution in [2.75, 3.05) is 0 Å². The Morgan fingerprint density at radius 2 is 2.05 bits per heavy atom. The number of alkyl halides is 3. The van der Waals surface area contributed by atoms with E-state index in [9.17, 15) is 23.3 Å². The van der Waals surface area contributed by atoms with Gasteiger partial charge in [0.1, 0.15) is 0 Å². The fourth-order valence-corrected chi connectivity index (χ4v) is 1.97. The molecule has 106 valence electrons. The van der Waals surface area contributed by atoms with Gasteiger partial charge < -0.3 is 0 Å². The molecule has 0 aliphatic rings. The third-order valence-electron chi connectivity index (χ3n) is 2.51. The molecule has 0 aliphatic heterocycles. The van der Waals surface area contributed by atoms with E-state index in [4.69, 9.17) is 0 Å². The van der Waals surface area contributed by atoms with Gasteiger partial charge in [-0.1, -0.05) is 15.9 Å². The highest BCUT2D eigenvalue weighted by Crippen LogP contribution is 2.28. The second kappa shape index (κ2) is 5.23. The van der Waals surface area contributed by atoms with Crippen molar-refractivity contribution < 1.29 is 18.1 Å². The van der Waals surface area contributed by atoms with Crippen molar-refractivity contribution in [3.8, 4) is 0 Å². The third kappa shape index (κ3) is 3.16. The van der Waals surface area contributed by atoms with Gasteiger partial charge in [-0.25, -0.2) is 0 Å². The molecule has 0 atom stereocenters. The lowest BCUT2D eigenvalue weighted by atomic mass is 10.2. The average molecular weight is 350 g/mol. The van der Waals surface area contributed by atoms with Gasteiger partial charge in [0.2, 0.25) is 0 Å². The Morgan fingerprint density at radius 1 is 1.35 bits per heavy atom. The van der Waals surface area contributed by atoms with Crippen molar-refractivity contribution in [2.24, 2.45) is 0 Å². The minimum Gasteiger partial charge on any atom is -0.267 e. The molecule has 1 aromatic heterocycles. The molecule has 5 nitrogen and oxygen atoms in total. The van der Waals surface area contributed by atoms with Crippen LogP contribution < -0.4 is 0 Å². The minimum absolute atomic E-state index is 0.111. The molecule has 0 bridgehead atoms. The summed E-state index contributed by atoms with van der Waals surface area (Å²) in [5.41, 5.74) is -0.935. The van der Waals surface area contributed by atoms with Crippen LogP contribution >= 0.6 is 15.9 Å². The Morgan fingerprint density at radius 3 is 2.60 bits per heavy atom. The number of nitro groups is 1. The smallest absolute Gasteiger partial charge is 0.267 e. The van der Waals surface area contributed by atoms with Gasteiger partial charge in [0.15, 0.2) is 5.69 Å². The summed E-state index contributed by atoms with van der Waals surface area (Å²) in [7, 11) is 0. The van der Waals surface area contributed by atoms with E-state index in [1.165, 1.54) is 12.1 Å². The monoisotopic (exact) mass is 349 g/mol. The Balaban J connectivity index is 2.31. The molecule has 0 N–H and O–H groups in total. The number of halogens is 4. The van der Waals surface area contributed by atoms with Crippen LogP contribution in [0, 0.1) is 10.1 Å². The highest BCUT2D eigenvalue weighted by atomic mass is 79.9. The van der Waals surface area contributed by atoms with Crippen molar-refractivity contribution in [1.82, 2.24) is 9.78 Å². The van der Waals surface area contributed by atoms with Crippen LogP contribution in [0.4, 0.5) is 18.9 Å². The Hall–Kier alpha value is -1.90. The van der Waals surface area contributed by atoms with Gasteiger partial charge in [0, 0.05) is 16.7 Å². The molecule has 0 spiro atoms. The molecule has 1 heterocycles. The predicted molar refractivity (Wildman–Crippen MR) is 67.1 cm³/mol. The zero-order valence-electron chi connectivity index (χ0n) is 9.76. The molecule has 20 heavy (non-hydrogen) atoms. The summed E-state index contributed by atoms with van der Waals surface area (Å²) in [6, 6.07) is 5.17. The lowest BCUT2D eigenvalue weighted by Gasteiger charge is -2.05. The maximum absolute atomic E-state index is 12.4. The second-order valence-corrected chi connectivity index (χ2v) is 4.84. The molecule has 0 radical (unpaired) electrons. The highest BCUT2D eigenvalue weighted by Gasteiger charge is 2.33. The maximum atomic E-state index is 12.4. The molecule has 0 amide bonds. The zero-order chi connectivity index (χ0) is 14.9. The van der Waals surface area contributed by atoms with E-state index < -0.39 is 16.8 Å². The van der Waals surface area contributed by atoms with Crippen molar-refractivity contribution in [1.29, 1.82) is 0 Å². The number of rotatable bonds is 3. The van der Waals surface area contributed by atoms with Gasteiger partial charge in [-0.2, -0.15) is 18.3 Å². The second-order valence-electron chi connectivity index (χ2n) is 3.93. The number of hydrogen-bond donors (Lipinski definition) is 0. The van der Waals surface area contributed by atoms with Crippen LogP contribution in [0.25, 0.3) is 0 Å². The van der Waals surface area contributed by atoms with Crippen molar-refractivity contribution in [3.63, 3.8) is 0 Å². The Kier molecular flexibility index (Phi) is 3.80. The van der Waals surface area contributed by atoms with Gasteiger partial charge in [-0.15, -0.1) is 0 Å². The van der Waals surface area contributed by atoms with Gasteiger partial charge in [0.25, 0.3) is 5.69 Å². The fraction of sp³-hybridized carbons (Fsp3) is 0.182. The van der Waals surface area contributed by atoms with E-state index in [1.54, 1.807) is 6.07 Å². The van der Waals surface area contributed by atoms with Crippen LogP contribution in [0.5, 0.6) is 0 Å². The van der Waals surface area contributed by atoms with Crippen molar-refractivity contribution >= 4 is 21.6 Å². The predicted octanol–water partition coefficient (Wildman–Crippen LogP) is 3.62. The van der Waals surface area contributed by atoms with E-state index in [0.717, 1.165) is 16.9 Å². The van der Waals surface area contributed by atoms with Gasteiger partial charge in [-0.3, -0.25) is 14.8 Å². The number of nitrogens with zero attached hydrogens (tertiary/aromatic N) is 3. The Bertz CT molecular complexity index is 655. The molecular weight excluding hydrogens is 343 g/mol. The summed E-state index contributed by atoms with van der Waals surface area (Å²) in [5.74, 6) is 0. The molecule has 1 aromatic carbocycles. The van der Waals surface area contributed by atoms with Gasteiger partial charge in [-0.05, 0) is 18.2 Å². The minimum atomic E-state index is -4.53. The molecule has 0 saturated carbocycles. The summed E-state index contributed by atoms with van der Waals surface area (Å²) < 4.78 is 38.8. The standard InChI is InChI=1S/C11H7BrF3N3O2/c12-8-2-1-7(9(5-8)18(19)20)6-17-4-3-10(16-17)11(13,14)15/h1-5H,6H2. The summed E-state index contributed by atoms with van der Waals surface area (Å²) in [4.78, 5) is 10.3. The first kappa shape index (κ1) is 14.5. The molecule has 0 fully saturated rings. The summed E-state index contributed by atoms with van der Waals surface area (Å²) >= 11 is 3.10. The van der Waals surface area contributed by atoms with Gasteiger partial charge >= 0.3 is 6.18 Å². The summed E-state index contributed by atoms with van der Waals surface area (Å²) in [5, 5.41) is 14.3. The van der Waals surface area contributed by atoms with Crippen molar-refractivity contribution in [2.45, 2.75) is 12.7 Å². The lowest BCUT2D eigenvalue weighted by molar-refractivity contribution is -0.385. The first-order chi connectivity index (χ1) is 9.27. The first-order valence-corrected chi connectivity index (χ1v) is 6.10. The number of aromatic nitrogens is 2. The van der Waals surface area contributed by atoms with E-state index in [0.29, 0.717) is 4.47 Å². The van der Waals surface area contributed by atoms with Crippen LogP contribution in [-0.4, -0.2) is 14.7 Å². The van der Waals surface area contributed by atoms with Crippen molar-refractivity contribution in [3.05, 3.63) is 56.3 Å². The molecule has 0 aliphatic carbocycles. The SMILES string of the molecule is O=[N+]([O-])c1cc(Br)ccc1Cn1ccc(C(F)(F)F)n1. The van der Waals surface area contributed by atoms with Crippen LogP contribution in [0.15, 0.2) is 34.9 Å². The maximum Gasteiger partial charge on any atom is 0.435 e. The molecule has 2 aromatic rings. The van der Waals surface area contributed by atoms with Crippen LogP contribution in [0.3, 0.4) is 0 Å². The lowest BCUT2D eigenvalue weighted by Crippen LogP contribution is -2.09. The molecule has 0 saturated heterocycles. The highest BCUT2D eigenvalue weighted by molar-refractivity contribution is 9.10. The van der Waals surface area contributed by atoms with E-state index >= 15 is 0 Å². The van der Waals surface area contributed by atoms with E-state index in [-0.39, 0.29) is 17.8 Å². The molecule has 2 rings (SSSR count). The van der Waals surface area contributed by atoms with E-state index in [2.05, 4.69) is 21.0 Å². The quantitative estimate of drug-likeness (QED) is 0.628. The van der Waals surface area contributed by atoms with Crippen LogP contribution in [-0.2, 0) is 12.7 Å². The van der Waals surface area contributed by atoms with Crippen LogP contribution in [0.1, 0.15) is 11.3 Å². The third-order valence-corrected chi connectivity index (χ3v) is 3.00. The largest absolute Gasteiger partial charge is 0.435 e. The summed E-state index contributed by atoms with van der Waals surface area (Å²) in [6.07, 6.45) is -3.40. The van der Waals surface area contributed by atoms with Crippen LogP contribution in [0.2, 0.25) is 0 Å². The normalized spacial score (nSPS) is 11.6. The fourth-order valence-electron chi connectivity index (χ4n) is 1.62. The van der Waals surface area contributed by atoms with Gasteiger partial charge in [0.05, 0.1) is 17.0 Å². The number of nitro benzene ring substituents is 1. The number of benzene rings is 1. The molecular formula is C11H7BrF3N3O2. The first-order valence-electron chi connectivity index (χ1n) is 5.31. The molecule has 9 heteroatoms. The number of hydrogen-bond acceptors (Lipinski definition) is 3. The average Bonchev–Trinajstić information content (AvgIpc) is 2.79. The Labute approximate surface area is 119 Å². The zero-order valence-corrected chi connectivity index (χ0v) is 11.3. The van der Waals surface area contributed by atoms with E-state index in [1.807, 2.05) is 0 Å².